The number of hydrogen-bond acceptors (Lipinski definition) is 6. The molecule has 1 rings (SSSR count). The summed E-state index contributed by atoms with van der Waals surface area (Å²) in [7, 11) is 0. The molecule has 9 nitrogen and oxygen atoms in total. The molecule has 0 aliphatic heterocycles. The monoisotopic (exact) mass is 485 g/mol. The van der Waals surface area contributed by atoms with Crippen LogP contribution in [-0.2, 0) is 9.59 Å². The van der Waals surface area contributed by atoms with Gasteiger partial charge in [-0.15, -0.1) is 0 Å². The first-order valence-electron chi connectivity index (χ1n) is 11.0. The molecule has 1 aromatic rings. The van der Waals surface area contributed by atoms with Crippen molar-refractivity contribution >= 4 is 29.4 Å². The van der Waals surface area contributed by atoms with Crippen LogP contribution in [0, 0.1) is 11.8 Å². The summed E-state index contributed by atoms with van der Waals surface area (Å²) >= 11 is 6.08. The molecule has 0 heterocycles. The number of carboxylic acid groups (broad SMARTS) is 1. The van der Waals surface area contributed by atoms with Crippen LogP contribution in [0.25, 0.3) is 0 Å². The number of amides is 2. The smallest absolute Gasteiger partial charge is 0.328 e. The van der Waals surface area contributed by atoms with Crippen molar-refractivity contribution in [1.29, 1.82) is 0 Å². The second-order valence-electron chi connectivity index (χ2n) is 9.06. The predicted molar refractivity (Wildman–Crippen MR) is 126 cm³/mol. The lowest BCUT2D eigenvalue weighted by molar-refractivity contribution is -0.145. The van der Waals surface area contributed by atoms with Crippen LogP contribution in [0.15, 0.2) is 18.2 Å². The van der Waals surface area contributed by atoms with E-state index in [2.05, 4.69) is 10.6 Å². The first kappa shape index (κ1) is 28.7. The molecule has 0 aliphatic carbocycles. The summed E-state index contributed by atoms with van der Waals surface area (Å²) in [5.74, 6) is -2.02. The Kier molecular flexibility index (Phi) is 11.6. The quantitative estimate of drug-likeness (QED) is 0.287. The van der Waals surface area contributed by atoms with Gasteiger partial charge in [0.2, 0.25) is 5.91 Å². The third-order valence-corrected chi connectivity index (χ3v) is 5.02. The number of aliphatic hydroxyl groups excluding tert-OH is 1. The number of hydrogen-bond donors (Lipinski definition) is 5. The lowest BCUT2D eigenvalue weighted by Gasteiger charge is -2.24. The van der Waals surface area contributed by atoms with E-state index in [4.69, 9.17) is 22.1 Å². The molecular formula is C23H36ClN3O6. The maximum atomic E-state index is 13.1. The summed E-state index contributed by atoms with van der Waals surface area (Å²) in [6.45, 7) is 9.28. The zero-order chi connectivity index (χ0) is 25.3. The summed E-state index contributed by atoms with van der Waals surface area (Å²) in [5, 5.41) is 24.1. The Balaban J connectivity index is 3.06. The fourth-order valence-electron chi connectivity index (χ4n) is 3.26. The van der Waals surface area contributed by atoms with E-state index >= 15 is 0 Å². The first-order valence-corrected chi connectivity index (χ1v) is 11.4. The van der Waals surface area contributed by atoms with Crippen molar-refractivity contribution in [2.75, 3.05) is 6.61 Å². The Bertz CT molecular complexity index is 815. The highest BCUT2D eigenvalue weighted by Crippen LogP contribution is 2.24. The Labute approximate surface area is 200 Å². The number of carbonyl (C=O) groups excluding carboxylic acids is 2. The van der Waals surface area contributed by atoms with Gasteiger partial charge in [0, 0.05) is 11.1 Å². The normalized spacial score (nSPS) is 15.0. The lowest BCUT2D eigenvalue weighted by Crippen LogP contribution is -2.55. The third-order valence-electron chi connectivity index (χ3n) is 4.79. The maximum Gasteiger partial charge on any atom is 0.328 e. The largest absolute Gasteiger partial charge is 0.491 e. The molecule has 0 fully saturated rings. The molecule has 10 heteroatoms. The van der Waals surface area contributed by atoms with Gasteiger partial charge in [0.1, 0.15) is 18.4 Å². The molecule has 0 saturated carbocycles. The third kappa shape index (κ3) is 9.98. The molecule has 0 aliphatic rings. The van der Waals surface area contributed by atoms with E-state index in [1.807, 2.05) is 27.7 Å². The van der Waals surface area contributed by atoms with Gasteiger partial charge in [0.05, 0.1) is 11.7 Å². The highest BCUT2D eigenvalue weighted by Gasteiger charge is 2.30. The Morgan fingerprint density at radius 3 is 2.18 bits per heavy atom. The molecule has 2 amide bonds. The molecule has 186 valence electrons. The summed E-state index contributed by atoms with van der Waals surface area (Å²) in [5.41, 5.74) is 6.21. The molecule has 1 aromatic carbocycles. The number of aliphatic hydroxyl groups is 1. The molecule has 4 atom stereocenters. The van der Waals surface area contributed by atoms with Crippen molar-refractivity contribution in [1.82, 2.24) is 10.6 Å². The molecule has 0 spiro atoms. The van der Waals surface area contributed by atoms with Crippen LogP contribution in [-0.4, -0.2) is 58.8 Å². The van der Waals surface area contributed by atoms with E-state index in [1.54, 1.807) is 12.1 Å². The Morgan fingerprint density at radius 1 is 1.06 bits per heavy atom. The Morgan fingerprint density at radius 2 is 1.67 bits per heavy atom. The maximum absolute atomic E-state index is 13.1. The molecule has 0 aromatic heterocycles. The zero-order valence-electron chi connectivity index (χ0n) is 19.8. The first-order chi connectivity index (χ1) is 15.3. The van der Waals surface area contributed by atoms with E-state index in [-0.39, 0.29) is 36.3 Å². The number of carboxylic acids is 1. The zero-order valence-corrected chi connectivity index (χ0v) is 20.6. The molecule has 0 saturated heterocycles. The van der Waals surface area contributed by atoms with Crippen molar-refractivity contribution in [3.8, 4) is 5.75 Å². The summed E-state index contributed by atoms with van der Waals surface area (Å²) < 4.78 is 5.77. The average molecular weight is 486 g/mol. The Hall–Kier alpha value is -2.36. The fraction of sp³-hybridized carbons (Fsp3) is 0.609. The second-order valence-corrected chi connectivity index (χ2v) is 9.50. The van der Waals surface area contributed by atoms with Crippen LogP contribution in [0.1, 0.15) is 57.8 Å². The minimum absolute atomic E-state index is 0.0139. The van der Waals surface area contributed by atoms with E-state index in [0.717, 1.165) is 6.42 Å². The highest BCUT2D eigenvalue weighted by molar-refractivity contribution is 6.31. The topological polar surface area (TPSA) is 151 Å². The lowest BCUT2D eigenvalue weighted by atomic mass is 10.0. The fourth-order valence-corrected chi connectivity index (χ4v) is 3.43. The van der Waals surface area contributed by atoms with Crippen LogP contribution in [0.5, 0.6) is 5.75 Å². The second kappa shape index (κ2) is 13.4. The predicted octanol–water partition coefficient (Wildman–Crippen LogP) is 2.19. The van der Waals surface area contributed by atoms with E-state index in [9.17, 15) is 24.6 Å². The SMILES string of the molecule is CC(C)C[C@H](N)COc1ccc(Cl)cc1C(=O)N[C@@H](CC(C)C)C(=O)N[C@H](C(=O)O)[C@@H](C)O. The van der Waals surface area contributed by atoms with Gasteiger partial charge in [0.25, 0.3) is 5.91 Å². The number of benzene rings is 1. The van der Waals surface area contributed by atoms with Crippen LogP contribution in [0.4, 0.5) is 0 Å². The van der Waals surface area contributed by atoms with Crippen molar-refractivity contribution in [3.05, 3.63) is 28.8 Å². The number of ether oxygens (including phenoxy) is 1. The van der Waals surface area contributed by atoms with Gasteiger partial charge in [0.15, 0.2) is 6.04 Å². The minimum atomic E-state index is -1.50. The highest BCUT2D eigenvalue weighted by atomic mass is 35.5. The van der Waals surface area contributed by atoms with Crippen molar-refractivity contribution in [2.45, 2.75) is 71.7 Å². The number of nitrogens with two attached hydrogens (primary N) is 1. The van der Waals surface area contributed by atoms with Crippen LogP contribution < -0.4 is 21.1 Å². The van der Waals surface area contributed by atoms with Gasteiger partial charge in [-0.3, -0.25) is 9.59 Å². The summed E-state index contributed by atoms with van der Waals surface area (Å²) in [4.78, 5) is 37.2. The number of nitrogens with one attached hydrogen (secondary N) is 2. The van der Waals surface area contributed by atoms with Gasteiger partial charge in [-0.2, -0.15) is 0 Å². The van der Waals surface area contributed by atoms with Crippen molar-refractivity contribution < 1.29 is 29.3 Å². The number of rotatable bonds is 13. The van der Waals surface area contributed by atoms with Gasteiger partial charge < -0.3 is 31.3 Å². The number of aliphatic carboxylic acids is 1. The summed E-state index contributed by atoms with van der Waals surface area (Å²) in [6.07, 6.45) is -0.315. The standard InChI is InChI=1S/C23H36ClN3O6/c1-12(2)8-16(25)11-33-19-7-6-15(24)10-17(19)21(29)26-18(9-13(3)4)22(30)27-20(14(5)28)23(31)32/h6-7,10,12-14,16,18,20,28H,8-9,11,25H2,1-5H3,(H,26,29)(H,27,30)(H,31,32)/t14-,16+,18+,20+/m1/s1. The molecular weight excluding hydrogens is 450 g/mol. The van der Waals surface area contributed by atoms with Gasteiger partial charge in [-0.25, -0.2) is 4.79 Å². The van der Waals surface area contributed by atoms with Gasteiger partial charge >= 0.3 is 5.97 Å². The van der Waals surface area contributed by atoms with Crippen LogP contribution >= 0.6 is 11.6 Å². The average Bonchev–Trinajstić information content (AvgIpc) is 2.68. The molecule has 0 unspecified atom stereocenters. The molecule has 0 radical (unpaired) electrons. The summed E-state index contributed by atoms with van der Waals surface area (Å²) in [6, 6.07) is 1.82. The minimum Gasteiger partial charge on any atom is -0.491 e. The van der Waals surface area contributed by atoms with Gasteiger partial charge in [-0.1, -0.05) is 39.3 Å². The molecule has 33 heavy (non-hydrogen) atoms. The van der Waals surface area contributed by atoms with E-state index < -0.39 is 36.0 Å². The number of carbonyl (C=O) groups is 3. The van der Waals surface area contributed by atoms with Crippen LogP contribution in [0.2, 0.25) is 5.02 Å². The van der Waals surface area contributed by atoms with E-state index in [0.29, 0.717) is 10.9 Å². The van der Waals surface area contributed by atoms with Crippen LogP contribution in [0.3, 0.4) is 0 Å². The van der Waals surface area contributed by atoms with Crippen molar-refractivity contribution in [2.24, 2.45) is 17.6 Å². The van der Waals surface area contributed by atoms with E-state index in [1.165, 1.54) is 13.0 Å². The molecule has 6 N–H and O–H groups in total. The number of halogens is 1. The van der Waals surface area contributed by atoms with Gasteiger partial charge in [-0.05, 0) is 49.8 Å². The molecule has 0 bridgehead atoms. The van der Waals surface area contributed by atoms with Crippen molar-refractivity contribution in [3.63, 3.8) is 0 Å².